The molecule has 0 unspecified atom stereocenters. The largest absolute Gasteiger partial charge is 0.355 e. The van der Waals surface area contributed by atoms with Crippen LogP contribution in [0.15, 0.2) is 48.5 Å². The van der Waals surface area contributed by atoms with Gasteiger partial charge in [-0.05, 0) is 130 Å². The lowest BCUT2D eigenvalue weighted by Crippen LogP contribution is -2.51. The molecule has 5 heteroatoms. The van der Waals surface area contributed by atoms with Crippen LogP contribution < -0.4 is 10.6 Å². The number of fused-ring (bicyclic) bond motifs is 1. The zero-order valence-electron chi connectivity index (χ0n) is 22.4. The average Bonchev–Trinajstić information content (AvgIpc) is 3.33. The molecule has 5 nitrogen and oxygen atoms in total. The van der Waals surface area contributed by atoms with Gasteiger partial charge in [0.25, 0.3) is 5.91 Å². The smallest absolute Gasteiger partial charge is 0.251 e. The molecule has 5 fully saturated rings. The van der Waals surface area contributed by atoms with Crippen LogP contribution in [0.25, 0.3) is 22.2 Å². The summed E-state index contributed by atoms with van der Waals surface area (Å²) in [5.41, 5.74) is 4.55. The predicted molar refractivity (Wildman–Crippen MR) is 152 cm³/mol. The van der Waals surface area contributed by atoms with Crippen molar-refractivity contribution in [3.8, 4) is 11.3 Å². The number of aromatic amines is 1. The van der Waals surface area contributed by atoms with E-state index in [0.29, 0.717) is 5.56 Å². The van der Waals surface area contributed by atoms with E-state index in [4.69, 9.17) is 0 Å². The Hall–Kier alpha value is -3.08. The van der Waals surface area contributed by atoms with Crippen LogP contribution in [0.5, 0.6) is 0 Å². The monoisotopic (exact) mass is 509 g/mol. The minimum Gasteiger partial charge on any atom is -0.355 e. The summed E-state index contributed by atoms with van der Waals surface area (Å²) in [5, 5.41) is 7.54. The third kappa shape index (κ3) is 4.44. The highest BCUT2D eigenvalue weighted by Crippen LogP contribution is 2.60. The number of carbonyl (C=O) groups excluding carboxylic acids is 2. The molecule has 3 N–H and O–H groups in total. The SMILES string of the molecule is CC1CCC(NC(=O)c2ccc3[nH]c(-c4ccc(NC(=O)C56CC7CC(CC(C7)C5)C6)cc4)cc3c2)CC1. The molecule has 1 heterocycles. The number of rotatable bonds is 5. The van der Waals surface area contributed by atoms with E-state index in [9.17, 15) is 9.59 Å². The summed E-state index contributed by atoms with van der Waals surface area (Å²) in [7, 11) is 0. The second-order valence-corrected chi connectivity index (χ2v) is 13.1. The van der Waals surface area contributed by atoms with Gasteiger partial charge in [0.2, 0.25) is 5.91 Å². The normalized spacial score (nSPS) is 31.9. The van der Waals surface area contributed by atoms with E-state index in [2.05, 4.69) is 40.7 Å². The summed E-state index contributed by atoms with van der Waals surface area (Å²) < 4.78 is 0. The second kappa shape index (κ2) is 9.29. The third-order valence-electron chi connectivity index (χ3n) is 10.2. The van der Waals surface area contributed by atoms with Crippen LogP contribution in [0.1, 0.15) is 81.5 Å². The van der Waals surface area contributed by atoms with Gasteiger partial charge in [0.05, 0.1) is 5.41 Å². The van der Waals surface area contributed by atoms with Gasteiger partial charge in [-0.1, -0.05) is 19.1 Å². The van der Waals surface area contributed by atoms with Gasteiger partial charge in [-0.3, -0.25) is 9.59 Å². The Morgan fingerprint density at radius 2 is 1.50 bits per heavy atom. The van der Waals surface area contributed by atoms with E-state index in [-0.39, 0.29) is 23.3 Å². The van der Waals surface area contributed by atoms with Crippen LogP contribution in [0.2, 0.25) is 0 Å². The fourth-order valence-electron chi connectivity index (χ4n) is 8.49. The summed E-state index contributed by atoms with van der Waals surface area (Å²) in [6.07, 6.45) is 11.8. The molecule has 0 saturated heterocycles. The van der Waals surface area contributed by atoms with Gasteiger partial charge in [0.15, 0.2) is 0 Å². The van der Waals surface area contributed by atoms with Crippen molar-refractivity contribution < 1.29 is 9.59 Å². The van der Waals surface area contributed by atoms with Gasteiger partial charge in [0, 0.05) is 33.9 Å². The van der Waals surface area contributed by atoms with Gasteiger partial charge < -0.3 is 15.6 Å². The predicted octanol–water partition coefficient (Wildman–Crippen LogP) is 7.30. The van der Waals surface area contributed by atoms with Crippen LogP contribution >= 0.6 is 0 Å². The lowest BCUT2D eigenvalue weighted by molar-refractivity contribution is -0.140. The maximum absolute atomic E-state index is 13.4. The van der Waals surface area contributed by atoms with Gasteiger partial charge in [0.1, 0.15) is 0 Å². The number of amides is 2. The molecular formula is C33H39N3O2. The molecule has 198 valence electrons. The van der Waals surface area contributed by atoms with Crippen molar-refractivity contribution in [2.24, 2.45) is 29.1 Å². The van der Waals surface area contributed by atoms with Crippen LogP contribution in [-0.2, 0) is 4.79 Å². The number of nitrogens with one attached hydrogen (secondary N) is 3. The number of H-pyrrole nitrogens is 1. The van der Waals surface area contributed by atoms with Crippen LogP contribution in [0.3, 0.4) is 0 Å². The Balaban J connectivity index is 1.03. The fourth-order valence-corrected chi connectivity index (χ4v) is 8.49. The number of hydrogen-bond acceptors (Lipinski definition) is 2. The lowest BCUT2D eigenvalue weighted by Gasteiger charge is -2.55. The first-order valence-corrected chi connectivity index (χ1v) is 14.8. The highest BCUT2D eigenvalue weighted by molar-refractivity contribution is 5.99. The zero-order chi connectivity index (χ0) is 25.9. The van der Waals surface area contributed by atoms with Gasteiger partial charge in [-0.15, -0.1) is 0 Å². The van der Waals surface area contributed by atoms with Gasteiger partial charge in [-0.25, -0.2) is 0 Å². The molecule has 3 aromatic rings. The standard InChI is InChI=1S/C33H39N3O2/c1-20-2-7-27(8-3-20)34-31(37)25-6-11-29-26(15-25)16-30(36-29)24-4-9-28(10-5-24)35-32(38)33-17-21-12-22(18-33)14-23(13-21)19-33/h4-6,9-11,15-16,20-23,27,36H,2-3,7-8,12-14,17-19H2,1H3,(H,34,37)(H,35,38). The first-order valence-electron chi connectivity index (χ1n) is 14.8. The highest BCUT2D eigenvalue weighted by atomic mass is 16.2. The Bertz CT molecular complexity index is 1330. The molecular weight excluding hydrogens is 470 g/mol. The van der Waals surface area contributed by atoms with E-state index in [1.807, 2.05) is 30.3 Å². The fraction of sp³-hybridized carbons (Fsp3) is 0.515. The maximum atomic E-state index is 13.4. The summed E-state index contributed by atoms with van der Waals surface area (Å²) >= 11 is 0. The molecule has 5 saturated carbocycles. The van der Waals surface area contributed by atoms with Gasteiger partial charge in [-0.2, -0.15) is 0 Å². The Morgan fingerprint density at radius 1 is 0.842 bits per heavy atom. The van der Waals surface area contributed by atoms with Crippen molar-refractivity contribution in [3.63, 3.8) is 0 Å². The van der Waals surface area contributed by atoms with E-state index in [1.165, 1.54) is 32.1 Å². The van der Waals surface area contributed by atoms with Crippen molar-refractivity contribution in [1.82, 2.24) is 10.3 Å². The van der Waals surface area contributed by atoms with Crippen molar-refractivity contribution in [2.45, 2.75) is 77.2 Å². The number of anilines is 1. The molecule has 5 aliphatic carbocycles. The van der Waals surface area contributed by atoms with Crippen LogP contribution in [0.4, 0.5) is 5.69 Å². The lowest BCUT2D eigenvalue weighted by atomic mass is 9.49. The molecule has 5 aliphatic rings. The van der Waals surface area contributed by atoms with Crippen molar-refractivity contribution in [2.75, 3.05) is 5.32 Å². The van der Waals surface area contributed by atoms with Crippen LogP contribution in [0, 0.1) is 29.1 Å². The average molecular weight is 510 g/mol. The summed E-state index contributed by atoms with van der Waals surface area (Å²) in [5.74, 6) is 3.32. The molecule has 0 radical (unpaired) electrons. The molecule has 38 heavy (non-hydrogen) atoms. The summed E-state index contributed by atoms with van der Waals surface area (Å²) in [6, 6.07) is 16.5. The van der Waals surface area contributed by atoms with E-state index in [1.54, 1.807) is 0 Å². The molecule has 0 aliphatic heterocycles. The number of benzene rings is 2. The minimum atomic E-state index is -0.135. The molecule has 8 rings (SSSR count). The van der Waals surface area contributed by atoms with Crippen molar-refractivity contribution >= 4 is 28.4 Å². The first-order chi connectivity index (χ1) is 18.4. The Kier molecular flexibility index (Phi) is 5.86. The molecule has 0 atom stereocenters. The van der Waals surface area contributed by atoms with E-state index in [0.717, 1.165) is 83.6 Å². The van der Waals surface area contributed by atoms with Gasteiger partial charge >= 0.3 is 0 Å². The quantitative estimate of drug-likeness (QED) is 0.338. The molecule has 4 bridgehead atoms. The molecule has 0 spiro atoms. The summed E-state index contributed by atoms with van der Waals surface area (Å²) in [6.45, 7) is 2.29. The van der Waals surface area contributed by atoms with Crippen LogP contribution in [-0.4, -0.2) is 22.8 Å². The second-order valence-electron chi connectivity index (χ2n) is 13.1. The summed E-state index contributed by atoms with van der Waals surface area (Å²) in [4.78, 5) is 29.8. The Morgan fingerprint density at radius 3 is 2.16 bits per heavy atom. The zero-order valence-corrected chi connectivity index (χ0v) is 22.4. The molecule has 2 amide bonds. The Labute approximate surface area is 225 Å². The number of hydrogen-bond donors (Lipinski definition) is 3. The topological polar surface area (TPSA) is 74.0 Å². The van der Waals surface area contributed by atoms with Crippen molar-refractivity contribution in [3.05, 3.63) is 54.1 Å². The first kappa shape index (κ1) is 24.0. The number of aromatic nitrogens is 1. The molecule has 1 aromatic heterocycles. The van der Waals surface area contributed by atoms with E-state index < -0.39 is 0 Å². The highest BCUT2D eigenvalue weighted by Gasteiger charge is 2.54. The minimum absolute atomic E-state index is 0.0216. The number of carbonyl (C=O) groups is 2. The third-order valence-corrected chi connectivity index (χ3v) is 10.2. The van der Waals surface area contributed by atoms with E-state index >= 15 is 0 Å². The molecule has 2 aromatic carbocycles. The van der Waals surface area contributed by atoms with Crippen molar-refractivity contribution in [1.29, 1.82) is 0 Å². The maximum Gasteiger partial charge on any atom is 0.251 e.